The van der Waals surface area contributed by atoms with Gasteiger partial charge in [0.1, 0.15) is 5.75 Å². The number of methoxy groups -OCH3 is 1. The lowest BCUT2D eigenvalue weighted by atomic mass is 10.1. The van der Waals surface area contributed by atoms with E-state index in [1.807, 2.05) is 0 Å². The van der Waals surface area contributed by atoms with E-state index in [1.54, 1.807) is 61.7 Å². The zero-order valence-electron chi connectivity index (χ0n) is 13.2. The van der Waals surface area contributed by atoms with E-state index in [0.29, 0.717) is 11.3 Å². The third-order valence-corrected chi connectivity index (χ3v) is 3.16. The van der Waals surface area contributed by atoms with E-state index in [-0.39, 0.29) is 6.42 Å². The molecule has 0 spiro atoms. The number of rotatable bonds is 6. The van der Waals surface area contributed by atoms with Gasteiger partial charge in [0, 0.05) is 5.56 Å². The van der Waals surface area contributed by atoms with Crippen molar-refractivity contribution < 1.29 is 23.9 Å². The molecule has 2 aromatic carbocycles. The molecule has 0 unspecified atom stereocenters. The Balaban J connectivity index is 1.76. The van der Waals surface area contributed by atoms with E-state index < -0.39 is 24.4 Å². The minimum atomic E-state index is -0.674. The predicted octanol–water partition coefficient (Wildman–Crippen LogP) is 1.74. The van der Waals surface area contributed by atoms with Gasteiger partial charge >= 0.3 is 5.97 Å². The lowest BCUT2D eigenvalue weighted by Gasteiger charge is -2.06. The maximum absolute atomic E-state index is 11.8. The van der Waals surface area contributed by atoms with Crippen molar-refractivity contribution in [3.63, 3.8) is 0 Å². The highest BCUT2D eigenvalue weighted by atomic mass is 16.5. The fourth-order valence-electron chi connectivity index (χ4n) is 1.93. The lowest BCUT2D eigenvalue weighted by molar-refractivity contribution is -0.147. The van der Waals surface area contributed by atoms with Gasteiger partial charge < -0.3 is 9.47 Å². The number of hydrogen-bond donors (Lipinski definition) is 1. The van der Waals surface area contributed by atoms with Crippen LogP contribution >= 0.6 is 0 Å². The van der Waals surface area contributed by atoms with Crippen molar-refractivity contribution in [1.82, 2.24) is 5.32 Å². The van der Waals surface area contributed by atoms with Crippen LogP contribution in [0.25, 0.3) is 0 Å². The number of carbonyl (C=O) groups excluding carboxylic acids is 3. The van der Waals surface area contributed by atoms with Crippen molar-refractivity contribution in [1.29, 1.82) is 0 Å². The zero-order valence-corrected chi connectivity index (χ0v) is 13.2. The van der Waals surface area contributed by atoms with Gasteiger partial charge in [-0.3, -0.25) is 19.7 Å². The SMILES string of the molecule is COc1ccc(CC(=O)OCC(=O)NC(=O)c2ccccc2)cc1. The Kier molecular flexibility index (Phi) is 6.08. The average Bonchev–Trinajstić information content (AvgIpc) is 2.61. The number of benzene rings is 2. The van der Waals surface area contributed by atoms with Crippen molar-refractivity contribution in [2.45, 2.75) is 6.42 Å². The topological polar surface area (TPSA) is 81.7 Å². The molecule has 0 radical (unpaired) electrons. The van der Waals surface area contributed by atoms with Crippen molar-refractivity contribution in [3.8, 4) is 5.75 Å². The van der Waals surface area contributed by atoms with Crippen molar-refractivity contribution in [2.24, 2.45) is 0 Å². The third-order valence-electron chi connectivity index (χ3n) is 3.16. The van der Waals surface area contributed by atoms with Crippen LogP contribution in [0, 0.1) is 0 Å². The Bertz CT molecular complexity index is 710. The minimum Gasteiger partial charge on any atom is -0.497 e. The first-order valence-electron chi connectivity index (χ1n) is 7.26. The number of hydrogen-bond acceptors (Lipinski definition) is 5. The van der Waals surface area contributed by atoms with Gasteiger partial charge in [-0.25, -0.2) is 0 Å². The van der Waals surface area contributed by atoms with Crippen molar-refractivity contribution >= 4 is 17.8 Å². The van der Waals surface area contributed by atoms with Crippen LogP contribution in [0.4, 0.5) is 0 Å². The molecule has 0 aliphatic rings. The van der Waals surface area contributed by atoms with E-state index in [2.05, 4.69) is 5.32 Å². The summed E-state index contributed by atoms with van der Waals surface area (Å²) in [6, 6.07) is 15.2. The largest absolute Gasteiger partial charge is 0.497 e. The summed E-state index contributed by atoms with van der Waals surface area (Å²) in [6.45, 7) is -0.506. The standard InChI is InChI=1S/C18H17NO5/c1-23-15-9-7-13(8-10-15)11-17(21)24-12-16(20)19-18(22)14-5-3-2-4-6-14/h2-10H,11-12H2,1H3,(H,19,20,22). The Hall–Kier alpha value is -3.15. The van der Waals surface area contributed by atoms with Gasteiger partial charge in [0.15, 0.2) is 6.61 Å². The van der Waals surface area contributed by atoms with Crippen LogP contribution in [-0.2, 0) is 20.7 Å². The number of carbonyl (C=O) groups is 3. The molecule has 0 aromatic heterocycles. The number of imide groups is 1. The van der Waals surface area contributed by atoms with Crippen LogP contribution in [0.2, 0.25) is 0 Å². The van der Waals surface area contributed by atoms with Gasteiger partial charge in [-0.2, -0.15) is 0 Å². The first-order valence-corrected chi connectivity index (χ1v) is 7.26. The van der Waals surface area contributed by atoms with Crippen LogP contribution in [0.1, 0.15) is 15.9 Å². The molecule has 6 heteroatoms. The Morgan fingerprint density at radius 3 is 2.25 bits per heavy atom. The average molecular weight is 327 g/mol. The monoisotopic (exact) mass is 327 g/mol. The summed E-state index contributed by atoms with van der Waals surface area (Å²) in [5.74, 6) is -1.08. The zero-order chi connectivity index (χ0) is 17.4. The molecule has 0 bridgehead atoms. The molecule has 0 heterocycles. The van der Waals surface area contributed by atoms with Crippen LogP contribution < -0.4 is 10.1 Å². The summed E-state index contributed by atoms with van der Waals surface area (Å²) >= 11 is 0. The maximum atomic E-state index is 11.8. The normalized spacial score (nSPS) is 9.88. The smallest absolute Gasteiger partial charge is 0.310 e. The Morgan fingerprint density at radius 1 is 0.958 bits per heavy atom. The molecule has 2 rings (SSSR count). The maximum Gasteiger partial charge on any atom is 0.310 e. The number of amides is 2. The summed E-state index contributed by atoms with van der Waals surface area (Å²) in [4.78, 5) is 35.1. The lowest BCUT2D eigenvalue weighted by Crippen LogP contribution is -2.34. The molecule has 0 fully saturated rings. The quantitative estimate of drug-likeness (QED) is 0.817. The molecule has 24 heavy (non-hydrogen) atoms. The molecule has 2 aromatic rings. The molecular formula is C18H17NO5. The summed E-state index contributed by atoms with van der Waals surface area (Å²) in [5, 5.41) is 2.16. The van der Waals surface area contributed by atoms with Gasteiger partial charge in [-0.15, -0.1) is 0 Å². The Labute approximate surface area is 139 Å². The molecule has 6 nitrogen and oxygen atoms in total. The number of ether oxygens (including phenoxy) is 2. The Morgan fingerprint density at radius 2 is 1.62 bits per heavy atom. The number of esters is 1. The van der Waals surface area contributed by atoms with E-state index in [9.17, 15) is 14.4 Å². The van der Waals surface area contributed by atoms with E-state index in [4.69, 9.17) is 9.47 Å². The molecule has 2 amide bonds. The van der Waals surface area contributed by atoms with E-state index in [1.165, 1.54) is 0 Å². The third kappa shape index (κ3) is 5.24. The molecule has 0 saturated heterocycles. The van der Waals surface area contributed by atoms with Gasteiger partial charge in [0.2, 0.25) is 0 Å². The fraction of sp³-hybridized carbons (Fsp3) is 0.167. The highest BCUT2D eigenvalue weighted by Crippen LogP contribution is 2.11. The summed E-state index contributed by atoms with van der Waals surface area (Å²) < 4.78 is 9.89. The predicted molar refractivity (Wildman–Crippen MR) is 86.6 cm³/mol. The van der Waals surface area contributed by atoms with Gasteiger partial charge in [-0.1, -0.05) is 30.3 Å². The molecule has 1 N–H and O–H groups in total. The second-order valence-electron chi connectivity index (χ2n) is 4.93. The number of nitrogens with one attached hydrogen (secondary N) is 1. The molecule has 0 aliphatic heterocycles. The molecule has 0 atom stereocenters. The highest BCUT2D eigenvalue weighted by molar-refractivity contribution is 6.05. The summed E-state index contributed by atoms with van der Waals surface area (Å²) in [5.41, 5.74) is 1.09. The van der Waals surface area contributed by atoms with Gasteiger partial charge in [0.05, 0.1) is 13.5 Å². The molecular weight excluding hydrogens is 310 g/mol. The van der Waals surface area contributed by atoms with E-state index in [0.717, 1.165) is 5.56 Å². The van der Waals surface area contributed by atoms with Crippen LogP contribution in [0.3, 0.4) is 0 Å². The second-order valence-corrected chi connectivity index (χ2v) is 4.93. The fourth-order valence-corrected chi connectivity index (χ4v) is 1.93. The van der Waals surface area contributed by atoms with E-state index >= 15 is 0 Å². The summed E-state index contributed by atoms with van der Waals surface area (Å²) in [6.07, 6.45) is 0.0317. The molecule has 0 aliphatic carbocycles. The summed E-state index contributed by atoms with van der Waals surface area (Å²) in [7, 11) is 1.55. The van der Waals surface area contributed by atoms with Crippen LogP contribution in [-0.4, -0.2) is 31.5 Å². The van der Waals surface area contributed by atoms with Crippen molar-refractivity contribution in [3.05, 3.63) is 65.7 Å². The second kappa shape index (κ2) is 8.47. The minimum absolute atomic E-state index is 0.0317. The van der Waals surface area contributed by atoms with Crippen LogP contribution in [0.5, 0.6) is 5.75 Å². The molecule has 0 saturated carbocycles. The van der Waals surface area contributed by atoms with Gasteiger partial charge in [-0.05, 0) is 29.8 Å². The van der Waals surface area contributed by atoms with Crippen LogP contribution in [0.15, 0.2) is 54.6 Å². The highest BCUT2D eigenvalue weighted by Gasteiger charge is 2.12. The first kappa shape index (κ1) is 17.2. The first-order chi connectivity index (χ1) is 11.6. The van der Waals surface area contributed by atoms with Gasteiger partial charge in [0.25, 0.3) is 11.8 Å². The molecule has 124 valence electrons. The van der Waals surface area contributed by atoms with Crippen molar-refractivity contribution in [2.75, 3.05) is 13.7 Å².